The predicted octanol–water partition coefficient (Wildman–Crippen LogP) is 0.818. The summed E-state index contributed by atoms with van der Waals surface area (Å²) in [6.07, 6.45) is 5.15. The summed E-state index contributed by atoms with van der Waals surface area (Å²) in [5, 5.41) is 18.7. The molecule has 7 nitrogen and oxygen atoms in total. The summed E-state index contributed by atoms with van der Waals surface area (Å²) in [4.78, 5) is 22.6. The van der Waals surface area contributed by atoms with Crippen LogP contribution in [0.15, 0.2) is 0 Å². The molecule has 2 fully saturated rings. The van der Waals surface area contributed by atoms with E-state index < -0.39 is 12.0 Å². The maximum atomic E-state index is 11.3. The summed E-state index contributed by atoms with van der Waals surface area (Å²) < 4.78 is 0. The summed E-state index contributed by atoms with van der Waals surface area (Å²) in [5.74, 6) is 0.142. The van der Waals surface area contributed by atoms with Crippen LogP contribution in [0, 0.1) is 0 Å². The Morgan fingerprint density at radius 1 is 1.35 bits per heavy atom. The van der Waals surface area contributed by atoms with Gasteiger partial charge in [-0.2, -0.15) is 11.8 Å². The third-order valence-electron chi connectivity index (χ3n) is 4.46. The van der Waals surface area contributed by atoms with Crippen molar-refractivity contribution >= 4 is 23.8 Å². The zero-order chi connectivity index (χ0) is 16.7. The monoisotopic (exact) mass is 343 g/mol. The lowest BCUT2D eigenvalue weighted by atomic mass is 10.0. The van der Waals surface area contributed by atoms with Gasteiger partial charge in [-0.25, -0.2) is 4.79 Å². The fraction of sp³-hybridized carbons (Fsp3) is 0.867. The Balaban J connectivity index is 1.64. The quantitative estimate of drug-likeness (QED) is 0.327. The van der Waals surface area contributed by atoms with E-state index in [0.29, 0.717) is 24.8 Å². The molecule has 131 valence electrons. The first kappa shape index (κ1) is 18.4. The van der Waals surface area contributed by atoms with Gasteiger partial charge < -0.3 is 21.1 Å². The molecule has 0 aromatic heterocycles. The van der Waals surface area contributed by atoms with Crippen LogP contribution in [0.3, 0.4) is 0 Å². The molecule has 8 heteroatoms. The van der Waals surface area contributed by atoms with Gasteiger partial charge in [0.25, 0.3) is 0 Å². The Morgan fingerprint density at radius 2 is 2.17 bits per heavy atom. The average molecular weight is 343 g/mol. The highest BCUT2D eigenvalue weighted by Gasteiger charge is 2.42. The number of rotatable bonds is 11. The number of fused-ring (bicyclic) bond motifs is 1. The molecule has 0 aromatic rings. The average Bonchev–Trinajstić information content (AvgIpc) is 3.04. The SMILES string of the molecule is [NH]CCCCCNC(CCC[C@@H]1SC[C@@H]2NC(=O)N[C@@H]21)C(=O)O. The van der Waals surface area contributed by atoms with Crippen LogP contribution in [0.4, 0.5) is 4.79 Å². The molecule has 0 bridgehead atoms. The zero-order valence-electron chi connectivity index (χ0n) is 13.3. The second-order valence-electron chi connectivity index (χ2n) is 6.21. The molecule has 0 aliphatic carbocycles. The van der Waals surface area contributed by atoms with E-state index in [9.17, 15) is 14.7 Å². The van der Waals surface area contributed by atoms with E-state index in [1.54, 1.807) is 0 Å². The Labute approximate surface area is 141 Å². The molecule has 1 radical (unpaired) electrons. The van der Waals surface area contributed by atoms with Gasteiger partial charge in [-0.15, -0.1) is 0 Å². The molecular weight excluding hydrogens is 316 g/mol. The highest BCUT2D eigenvalue weighted by molar-refractivity contribution is 8.00. The standard InChI is InChI=1S/C15H27N4O3S/c16-7-2-1-3-8-17-10(14(20)21)5-4-6-12-13-11(9-23-12)18-15(22)19-13/h10-13,16-17H,1-9H2,(H,20,21)(H2,18,19,22)/t10?,11-,12-,13-/m0/s1. The minimum atomic E-state index is -0.793. The molecule has 2 heterocycles. The lowest BCUT2D eigenvalue weighted by molar-refractivity contribution is -0.139. The van der Waals surface area contributed by atoms with E-state index in [2.05, 4.69) is 16.0 Å². The number of thioether (sulfide) groups is 1. The summed E-state index contributed by atoms with van der Waals surface area (Å²) >= 11 is 1.86. The molecule has 23 heavy (non-hydrogen) atoms. The predicted molar refractivity (Wildman–Crippen MR) is 90.6 cm³/mol. The minimum absolute atomic E-state index is 0.0805. The molecule has 2 rings (SSSR count). The third-order valence-corrected chi connectivity index (χ3v) is 5.97. The Kier molecular flexibility index (Phi) is 7.45. The molecule has 1 unspecified atom stereocenters. The number of nitrogens with one attached hydrogen (secondary N) is 4. The number of aliphatic carboxylic acids is 1. The number of unbranched alkanes of at least 4 members (excludes halogenated alkanes) is 2. The van der Waals surface area contributed by atoms with Gasteiger partial charge in [-0.3, -0.25) is 10.5 Å². The number of hydrogen-bond donors (Lipinski definition) is 4. The number of urea groups is 1. The molecular formula is C15H27N4O3S. The van der Waals surface area contributed by atoms with Crippen molar-refractivity contribution in [2.45, 2.75) is 61.9 Å². The fourth-order valence-corrected chi connectivity index (χ4v) is 4.73. The van der Waals surface area contributed by atoms with E-state index in [-0.39, 0.29) is 18.1 Å². The van der Waals surface area contributed by atoms with E-state index in [4.69, 9.17) is 5.73 Å². The van der Waals surface area contributed by atoms with Crippen molar-refractivity contribution in [1.29, 1.82) is 0 Å². The first-order chi connectivity index (χ1) is 11.1. The minimum Gasteiger partial charge on any atom is -0.480 e. The molecule has 4 atom stereocenters. The molecule has 2 aliphatic heterocycles. The van der Waals surface area contributed by atoms with E-state index in [1.807, 2.05) is 11.8 Å². The second-order valence-corrected chi connectivity index (χ2v) is 7.48. The summed E-state index contributed by atoms with van der Waals surface area (Å²) in [7, 11) is 0. The Bertz CT molecular complexity index is 410. The Morgan fingerprint density at radius 3 is 2.91 bits per heavy atom. The lowest BCUT2D eigenvalue weighted by Crippen LogP contribution is -2.38. The molecule has 0 spiro atoms. The van der Waals surface area contributed by atoms with Crippen LogP contribution in [-0.2, 0) is 4.79 Å². The number of carboxylic acids is 1. The van der Waals surface area contributed by atoms with Crippen molar-refractivity contribution in [1.82, 2.24) is 21.7 Å². The normalized spacial score (nSPS) is 27.3. The lowest BCUT2D eigenvalue weighted by Gasteiger charge is -2.18. The molecule has 5 N–H and O–H groups in total. The number of carboxylic acid groups (broad SMARTS) is 1. The first-order valence-corrected chi connectivity index (χ1v) is 9.46. The summed E-state index contributed by atoms with van der Waals surface area (Å²) in [6.45, 7) is 1.13. The third kappa shape index (κ3) is 5.54. The van der Waals surface area contributed by atoms with Crippen molar-refractivity contribution in [3.63, 3.8) is 0 Å². The van der Waals surface area contributed by atoms with Crippen LogP contribution in [0.25, 0.3) is 0 Å². The van der Waals surface area contributed by atoms with Gasteiger partial charge in [0, 0.05) is 17.5 Å². The van der Waals surface area contributed by atoms with Crippen LogP contribution >= 0.6 is 11.8 Å². The highest BCUT2D eigenvalue weighted by Crippen LogP contribution is 2.33. The van der Waals surface area contributed by atoms with Crippen molar-refractivity contribution in [2.24, 2.45) is 0 Å². The maximum Gasteiger partial charge on any atom is 0.320 e. The van der Waals surface area contributed by atoms with Gasteiger partial charge >= 0.3 is 12.0 Å². The van der Waals surface area contributed by atoms with Gasteiger partial charge in [0.2, 0.25) is 0 Å². The number of carbonyl (C=O) groups is 2. The van der Waals surface area contributed by atoms with Gasteiger partial charge in [0.15, 0.2) is 0 Å². The van der Waals surface area contributed by atoms with Crippen LogP contribution in [0.5, 0.6) is 0 Å². The first-order valence-electron chi connectivity index (χ1n) is 8.41. The van der Waals surface area contributed by atoms with E-state index >= 15 is 0 Å². The van der Waals surface area contributed by atoms with Crippen LogP contribution < -0.4 is 21.7 Å². The van der Waals surface area contributed by atoms with E-state index in [0.717, 1.165) is 37.9 Å². The highest BCUT2D eigenvalue weighted by atomic mass is 32.2. The largest absolute Gasteiger partial charge is 0.480 e. The summed E-state index contributed by atoms with van der Waals surface area (Å²) in [6, 6.07) is -0.163. The topological polar surface area (TPSA) is 114 Å². The molecule has 0 aromatic carbocycles. The van der Waals surface area contributed by atoms with Gasteiger partial charge in [0.05, 0.1) is 12.1 Å². The fourth-order valence-electron chi connectivity index (χ4n) is 3.18. The van der Waals surface area contributed by atoms with E-state index in [1.165, 1.54) is 0 Å². The van der Waals surface area contributed by atoms with Crippen molar-refractivity contribution in [2.75, 3.05) is 18.8 Å². The van der Waals surface area contributed by atoms with Crippen molar-refractivity contribution in [3.05, 3.63) is 0 Å². The summed E-state index contributed by atoms with van der Waals surface area (Å²) in [5.41, 5.74) is 7.08. The van der Waals surface area contributed by atoms with Crippen LogP contribution in [0.2, 0.25) is 0 Å². The molecule has 2 aliphatic rings. The smallest absolute Gasteiger partial charge is 0.320 e. The number of hydrogen-bond acceptors (Lipinski definition) is 4. The molecule has 2 amide bonds. The molecule has 2 saturated heterocycles. The molecule has 0 saturated carbocycles. The maximum absolute atomic E-state index is 11.3. The zero-order valence-corrected chi connectivity index (χ0v) is 14.2. The van der Waals surface area contributed by atoms with Gasteiger partial charge in [-0.05, 0) is 32.2 Å². The second kappa shape index (κ2) is 9.34. The van der Waals surface area contributed by atoms with Crippen LogP contribution in [0.1, 0.15) is 38.5 Å². The number of amides is 2. The van der Waals surface area contributed by atoms with Gasteiger partial charge in [-0.1, -0.05) is 12.8 Å². The number of carbonyl (C=O) groups excluding carboxylic acids is 1. The van der Waals surface area contributed by atoms with Crippen LogP contribution in [-0.4, -0.2) is 59.3 Å². The van der Waals surface area contributed by atoms with Gasteiger partial charge in [0.1, 0.15) is 6.04 Å². The van der Waals surface area contributed by atoms with Crippen molar-refractivity contribution < 1.29 is 14.7 Å². The Hall–Kier alpha value is -0.990. The van der Waals surface area contributed by atoms with Crippen molar-refractivity contribution in [3.8, 4) is 0 Å².